The van der Waals surface area contributed by atoms with E-state index in [2.05, 4.69) is 15.3 Å². The highest BCUT2D eigenvalue weighted by Crippen LogP contribution is 2.27. The second kappa shape index (κ2) is 5.73. The van der Waals surface area contributed by atoms with Crippen molar-refractivity contribution in [2.45, 2.75) is 25.1 Å². The van der Waals surface area contributed by atoms with E-state index in [1.165, 1.54) is 0 Å². The van der Waals surface area contributed by atoms with E-state index in [0.29, 0.717) is 19.0 Å². The number of nitrogens with zero attached hydrogens (tertiary/aromatic N) is 3. The summed E-state index contributed by atoms with van der Waals surface area (Å²) in [6.45, 7) is 0.509. The smallest absolute Gasteiger partial charge is 0.366 e. The minimum absolute atomic E-state index is 0.0889. The number of anilines is 1. The summed E-state index contributed by atoms with van der Waals surface area (Å²) in [5, 5.41) is 7.94. The van der Waals surface area contributed by atoms with E-state index >= 15 is 0 Å². The maximum Gasteiger partial charge on any atom is 0.434 e. The van der Waals surface area contributed by atoms with Gasteiger partial charge in [-0.1, -0.05) is 0 Å². The van der Waals surface area contributed by atoms with Crippen LogP contribution in [-0.2, 0) is 16.4 Å². The molecule has 0 saturated carbocycles. The third kappa shape index (κ3) is 4.25. The highest BCUT2D eigenvalue weighted by Gasteiger charge is 2.33. The van der Waals surface area contributed by atoms with Crippen LogP contribution in [0.15, 0.2) is 12.4 Å². The molecule has 2 heterocycles. The van der Waals surface area contributed by atoms with Crippen LogP contribution in [0.3, 0.4) is 0 Å². The Morgan fingerprint density at radius 3 is 2.29 bits per heavy atom. The first-order chi connectivity index (χ1) is 9.66. The summed E-state index contributed by atoms with van der Waals surface area (Å²) in [6, 6.07) is -0.0889. The predicted molar refractivity (Wildman–Crippen MR) is 68.4 cm³/mol. The van der Waals surface area contributed by atoms with Crippen LogP contribution >= 0.6 is 0 Å². The molecule has 0 radical (unpaired) electrons. The fourth-order valence-corrected chi connectivity index (χ4v) is 2.73. The number of piperidine rings is 1. The van der Waals surface area contributed by atoms with E-state index in [0.717, 1.165) is 10.5 Å². The summed E-state index contributed by atoms with van der Waals surface area (Å²) < 4.78 is 60.4. The number of nitrogens with one attached hydrogen (secondary N) is 1. The topological polar surface area (TPSA) is 101 Å². The maximum absolute atomic E-state index is 12.3. The van der Waals surface area contributed by atoms with Gasteiger partial charge in [-0.3, -0.25) is 0 Å². The highest BCUT2D eigenvalue weighted by molar-refractivity contribution is 7.86. The first kappa shape index (κ1) is 15.9. The lowest BCUT2D eigenvalue weighted by molar-refractivity contribution is -0.141. The normalized spacial score (nSPS) is 18.7. The third-order valence-electron chi connectivity index (χ3n) is 3.11. The van der Waals surface area contributed by atoms with Gasteiger partial charge in [0.1, 0.15) is 5.82 Å². The third-order valence-corrected chi connectivity index (χ3v) is 4.19. The molecule has 11 heteroatoms. The minimum Gasteiger partial charge on any atom is -0.366 e. The lowest BCUT2D eigenvalue weighted by atomic mass is 10.1. The van der Waals surface area contributed by atoms with Crippen LogP contribution in [0.25, 0.3) is 0 Å². The molecule has 0 bridgehead atoms. The molecule has 7 nitrogen and oxygen atoms in total. The molecule has 0 spiro atoms. The molecule has 2 rings (SSSR count). The fourth-order valence-electron chi connectivity index (χ4n) is 2.01. The molecule has 0 atom stereocenters. The first-order valence-electron chi connectivity index (χ1n) is 6.10. The van der Waals surface area contributed by atoms with Crippen molar-refractivity contribution < 1.29 is 21.6 Å². The summed E-state index contributed by atoms with van der Waals surface area (Å²) in [6.07, 6.45) is -1.89. The number of aromatic nitrogens is 2. The Kier molecular flexibility index (Phi) is 4.35. The summed E-state index contributed by atoms with van der Waals surface area (Å²) in [4.78, 5) is 6.95. The van der Waals surface area contributed by atoms with Crippen LogP contribution in [0.4, 0.5) is 19.0 Å². The maximum atomic E-state index is 12.3. The van der Waals surface area contributed by atoms with Gasteiger partial charge in [-0.15, -0.1) is 0 Å². The average molecular weight is 325 g/mol. The molecule has 3 N–H and O–H groups in total. The minimum atomic E-state index is -4.52. The van der Waals surface area contributed by atoms with E-state index in [9.17, 15) is 21.6 Å². The van der Waals surface area contributed by atoms with Crippen LogP contribution < -0.4 is 10.5 Å². The van der Waals surface area contributed by atoms with Crippen LogP contribution in [-0.4, -0.2) is 41.8 Å². The number of rotatable bonds is 3. The predicted octanol–water partition coefficient (Wildman–Crippen LogP) is 0.575. The molecule has 0 aliphatic carbocycles. The first-order valence-corrected chi connectivity index (χ1v) is 7.60. The Labute approximate surface area is 119 Å². The summed E-state index contributed by atoms with van der Waals surface area (Å²) >= 11 is 0. The molecule has 21 heavy (non-hydrogen) atoms. The lowest BCUT2D eigenvalue weighted by Crippen LogP contribution is -2.45. The fraction of sp³-hybridized carbons (Fsp3) is 0.600. The molecule has 1 aliphatic heterocycles. The molecule has 0 unspecified atom stereocenters. The molecule has 0 amide bonds. The number of halogens is 3. The number of alkyl halides is 3. The highest BCUT2D eigenvalue weighted by atomic mass is 32.2. The summed E-state index contributed by atoms with van der Waals surface area (Å²) in [7, 11) is -3.69. The Bertz CT molecular complexity index is 582. The lowest BCUT2D eigenvalue weighted by Gasteiger charge is -2.30. The molecule has 1 fully saturated rings. The van der Waals surface area contributed by atoms with E-state index in [1.54, 1.807) is 0 Å². The zero-order chi connectivity index (χ0) is 15.7. The van der Waals surface area contributed by atoms with Gasteiger partial charge in [-0.2, -0.15) is 25.9 Å². The van der Waals surface area contributed by atoms with Crippen molar-refractivity contribution in [3.05, 3.63) is 18.1 Å². The zero-order valence-corrected chi connectivity index (χ0v) is 11.7. The average Bonchev–Trinajstić information content (AvgIpc) is 2.38. The van der Waals surface area contributed by atoms with Gasteiger partial charge in [0.2, 0.25) is 0 Å². The number of hydrogen-bond donors (Lipinski definition) is 2. The Morgan fingerprint density at radius 2 is 1.86 bits per heavy atom. The van der Waals surface area contributed by atoms with Gasteiger partial charge in [0.05, 0.1) is 12.4 Å². The van der Waals surface area contributed by atoms with Gasteiger partial charge >= 0.3 is 6.18 Å². The zero-order valence-electron chi connectivity index (χ0n) is 10.8. The van der Waals surface area contributed by atoms with Gasteiger partial charge in [0, 0.05) is 19.1 Å². The second-order valence-corrected chi connectivity index (χ2v) is 6.19. The molecule has 1 aromatic rings. The van der Waals surface area contributed by atoms with E-state index < -0.39 is 22.1 Å². The molecular weight excluding hydrogens is 311 g/mol. The molecular formula is C10H14F3N5O2S. The quantitative estimate of drug-likeness (QED) is 0.846. The standard InChI is InChI=1S/C10H14F3N5O2S/c11-10(12,13)8-5-16-9(6-15-8)17-7-1-3-18(4-2-7)21(14,19)20/h5-7H,1-4H2,(H,16,17)(H2,14,19,20). The SMILES string of the molecule is NS(=O)(=O)N1CCC(Nc2cnc(C(F)(F)F)cn2)CC1. The van der Waals surface area contributed by atoms with E-state index in [1.807, 2.05) is 0 Å². The summed E-state index contributed by atoms with van der Waals surface area (Å²) in [5.74, 6) is 0.219. The molecule has 1 aromatic heterocycles. The van der Waals surface area contributed by atoms with Crippen LogP contribution in [0.5, 0.6) is 0 Å². The Balaban J connectivity index is 1.92. The van der Waals surface area contributed by atoms with Gasteiger partial charge in [0.15, 0.2) is 5.69 Å². The molecule has 1 saturated heterocycles. The largest absolute Gasteiger partial charge is 0.434 e. The van der Waals surface area contributed by atoms with Gasteiger partial charge in [0.25, 0.3) is 10.2 Å². The Morgan fingerprint density at radius 1 is 1.24 bits per heavy atom. The van der Waals surface area contributed by atoms with Crippen molar-refractivity contribution in [2.75, 3.05) is 18.4 Å². The second-order valence-electron chi connectivity index (χ2n) is 4.65. The van der Waals surface area contributed by atoms with Gasteiger partial charge < -0.3 is 5.32 Å². The van der Waals surface area contributed by atoms with Crippen LogP contribution in [0, 0.1) is 0 Å². The number of hydrogen-bond acceptors (Lipinski definition) is 5. The van der Waals surface area contributed by atoms with Crippen molar-refractivity contribution in [3.63, 3.8) is 0 Å². The van der Waals surface area contributed by atoms with Gasteiger partial charge in [-0.25, -0.2) is 15.1 Å². The van der Waals surface area contributed by atoms with Crippen LogP contribution in [0.2, 0.25) is 0 Å². The van der Waals surface area contributed by atoms with Crippen molar-refractivity contribution in [1.29, 1.82) is 0 Å². The molecule has 118 valence electrons. The van der Waals surface area contributed by atoms with Crippen molar-refractivity contribution in [3.8, 4) is 0 Å². The van der Waals surface area contributed by atoms with Crippen molar-refractivity contribution >= 4 is 16.0 Å². The number of nitrogens with two attached hydrogens (primary N) is 1. The Hall–Kier alpha value is -1.46. The molecule has 1 aliphatic rings. The van der Waals surface area contributed by atoms with Crippen molar-refractivity contribution in [1.82, 2.24) is 14.3 Å². The van der Waals surface area contributed by atoms with Crippen molar-refractivity contribution in [2.24, 2.45) is 5.14 Å². The summed E-state index contributed by atoms with van der Waals surface area (Å²) in [5.41, 5.74) is -1.06. The van der Waals surface area contributed by atoms with E-state index in [4.69, 9.17) is 5.14 Å². The van der Waals surface area contributed by atoms with E-state index in [-0.39, 0.29) is 24.9 Å². The van der Waals surface area contributed by atoms with Crippen LogP contribution in [0.1, 0.15) is 18.5 Å². The molecule has 0 aromatic carbocycles. The van der Waals surface area contributed by atoms with Gasteiger partial charge in [-0.05, 0) is 12.8 Å². The monoisotopic (exact) mass is 325 g/mol.